The fraction of sp³-hybridized carbons (Fsp3) is 0.0345. The molecule has 0 unspecified atom stereocenters. The summed E-state index contributed by atoms with van der Waals surface area (Å²) >= 11 is 2.79. The summed E-state index contributed by atoms with van der Waals surface area (Å²) in [5.41, 5.74) is 2.64. The molecule has 5 rings (SSSR count). The first-order chi connectivity index (χ1) is 18.5. The van der Waals surface area contributed by atoms with E-state index in [1.807, 2.05) is 29.0 Å². The molecule has 0 radical (unpaired) electrons. The maximum Gasteiger partial charge on any atom is 0.272 e. The SMILES string of the molecule is O=C(Nc1cccc(SCN2C(=O)c3ccccc3C2=O)c1)/C(=C\c1ccsc1)NC(=O)c1ccccc1. The van der Waals surface area contributed by atoms with E-state index in [9.17, 15) is 19.2 Å². The highest BCUT2D eigenvalue weighted by Gasteiger charge is 2.34. The molecule has 3 aromatic carbocycles. The fourth-order valence-electron chi connectivity index (χ4n) is 3.82. The highest BCUT2D eigenvalue weighted by atomic mass is 32.2. The number of nitrogens with one attached hydrogen (secondary N) is 2. The van der Waals surface area contributed by atoms with Crippen LogP contribution in [0.5, 0.6) is 0 Å². The lowest BCUT2D eigenvalue weighted by atomic mass is 10.1. The van der Waals surface area contributed by atoms with E-state index in [2.05, 4.69) is 10.6 Å². The van der Waals surface area contributed by atoms with E-state index < -0.39 is 11.8 Å². The average molecular weight is 540 g/mol. The van der Waals surface area contributed by atoms with Crippen LogP contribution in [-0.2, 0) is 4.79 Å². The Kier molecular flexibility index (Phi) is 7.48. The van der Waals surface area contributed by atoms with Crippen molar-refractivity contribution < 1.29 is 19.2 Å². The maximum absolute atomic E-state index is 13.2. The smallest absolute Gasteiger partial charge is 0.272 e. The Morgan fingerprint density at radius 1 is 0.868 bits per heavy atom. The molecule has 0 aliphatic carbocycles. The molecule has 1 aliphatic heterocycles. The molecule has 0 saturated carbocycles. The van der Waals surface area contributed by atoms with Crippen molar-refractivity contribution >= 4 is 58.5 Å². The van der Waals surface area contributed by atoms with Gasteiger partial charge in [0.15, 0.2) is 0 Å². The van der Waals surface area contributed by atoms with Crippen molar-refractivity contribution in [1.29, 1.82) is 0 Å². The molecule has 7 nitrogen and oxygen atoms in total. The predicted molar refractivity (Wildman–Crippen MR) is 149 cm³/mol. The van der Waals surface area contributed by atoms with Crippen molar-refractivity contribution in [2.75, 3.05) is 11.2 Å². The van der Waals surface area contributed by atoms with Gasteiger partial charge in [-0.2, -0.15) is 11.3 Å². The van der Waals surface area contributed by atoms with Crippen molar-refractivity contribution in [2.45, 2.75) is 4.90 Å². The van der Waals surface area contributed by atoms with Crippen LogP contribution in [-0.4, -0.2) is 34.4 Å². The van der Waals surface area contributed by atoms with Crippen molar-refractivity contribution in [2.24, 2.45) is 0 Å². The number of hydrogen-bond donors (Lipinski definition) is 2. The van der Waals surface area contributed by atoms with E-state index in [4.69, 9.17) is 0 Å². The van der Waals surface area contributed by atoms with Gasteiger partial charge in [-0.25, -0.2) is 0 Å². The summed E-state index contributed by atoms with van der Waals surface area (Å²) in [7, 11) is 0. The molecule has 38 heavy (non-hydrogen) atoms. The number of anilines is 1. The number of fused-ring (bicyclic) bond motifs is 1. The quantitative estimate of drug-likeness (QED) is 0.175. The molecular formula is C29H21N3O4S2. The first-order valence-electron chi connectivity index (χ1n) is 11.6. The van der Waals surface area contributed by atoms with Gasteiger partial charge in [0.2, 0.25) is 0 Å². The molecule has 4 aromatic rings. The van der Waals surface area contributed by atoms with E-state index in [1.165, 1.54) is 28.0 Å². The Balaban J connectivity index is 1.28. The lowest BCUT2D eigenvalue weighted by Gasteiger charge is -2.14. The monoisotopic (exact) mass is 539 g/mol. The zero-order valence-electron chi connectivity index (χ0n) is 19.9. The van der Waals surface area contributed by atoms with Crippen LogP contribution in [0.1, 0.15) is 36.6 Å². The number of benzene rings is 3. The number of nitrogens with zero attached hydrogens (tertiary/aromatic N) is 1. The van der Waals surface area contributed by atoms with Crippen molar-refractivity contribution in [3.63, 3.8) is 0 Å². The van der Waals surface area contributed by atoms with Gasteiger partial charge in [0.25, 0.3) is 23.6 Å². The van der Waals surface area contributed by atoms with E-state index in [0.29, 0.717) is 22.4 Å². The average Bonchev–Trinajstić information content (AvgIpc) is 3.54. The molecular weight excluding hydrogens is 518 g/mol. The Morgan fingerprint density at radius 3 is 2.26 bits per heavy atom. The molecule has 188 valence electrons. The standard InChI is InChI=1S/C29H21N3O4S2/c33-26(20-7-2-1-3-8-20)31-25(15-19-13-14-37-17-19)27(34)30-21-9-6-10-22(16-21)38-18-32-28(35)23-11-4-5-12-24(23)29(32)36/h1-17H,18H2,(H,30,34)(H,31,33)/b25-15+. The Bertz CT molecular complexity index is 1510. The lowest BCUT2D eigenvalue weighted by molar-refractivity contribution is -0.113. The van der Waals surface area contributed by atoms with Gasteiger partial charge in [-0.1, -0.05) is 36.4 Å². The van der Waals surface area contributed by atoms with Gasteiger partial charge in [-0.15, -0.1) is 11.8 Å². The fourth-order valence-corrected chi connectivity index (χ4v) is 5.34. The number of hydrogen-bond acceptors (Lipinski definition) is 6. The lowest BCUT2D eigenvalue weighted by Crippen LogP contribution is -2.30. The summed E-state index contributed by atoms with van der Waals surface area (Å²) in [6.07, 6.45) is 1.62. The Hall–Kier alpha value is -4.47. The molecule has 1 aliphatic rings. The summed E-state index contributed by atoms with van der Waals surface area (Å²) in [5, 5.41) is 9.30. The minimum absolute atomic E-state index is 0.0985. The van der Waals surface area contributed by atoms with Gasteiger partial charge in [0, 0.05) is 16.1 Å². The second-order valence-corrected chi connectivity index (χ2v) is 10.1. The van der Waals surface area contributed by atoms with Crippen molar-refractivity contribution in [3.8, 4) is 0 Å². The predicted octanol–water partition coefficient (Wildman–Crippen LogP) is 5.50. The minimum atomic E-state index is -0.483. The number of carbonyl (C=O) groups is 4. The second-order valence-electron chi connectivity index (χ2n) is 8.27. The Morgan fingerprint density at radius 2 is 1.58 bits per heavy atom. The zero-order valence-corrected chi connectivity index (χ0v) is 21.6. The van der Waals surface area contributed by atoms with Gasteiger partial charge in [0.1, 0.15) is 5.70 Å². The molecule has 4 amide bonds. The molecule has 0 saturated heterocycles. The van der Waals surface area contributed by atoms with Gasteiger partial charge in [-0.3, -0.25) is 24.1 Å². The van der Waals surface area contributed by atoms with E-state index >= 15 is 0 Å². The van der Waals surface area contributed by atoms with Crippen LogP contribution in [0.25, 0.3) is 6.08 Å². The topological polar surface area (TPSA) is 95.6 Å². The Labute approximate surface area is 227 Å². The van der Waals surface area contributed by atoms with Crippen LogP contribution in [0.2, 0.25) is 0 Å². The van der Waals surface area contributed by atoms with Gasteiger partial charge in [-0.05, 0) is 70.9 Å². The molecule has 0 spiro atoms. The minimum Gasteiger partial charge on any atom is -0.321 e. The maximum atomic E-state index is 13.2. The summed E-state index contributed by atoms with van der Waals surface area (Å²) in [4.78, 5) is 53.2. The van der Waals surface area contributed by atoms with Crippen LogP contribution in [0.4, 0.5) is 5.69 Å². The highest BCUT2D eigenvalue weighted by molar-refractivity contribution is 7.99. The van der Waals surface area contributed by atoms with Gasteiger partial charge >= 0.3 is 0 Å². The van der Waals surface area contributed by atoms with E-state index in [1.54, 1.807) is 72.8 Å². The largest absolute Gasteiger partial charge is 0.321 e. The van der Waals surface area contributed by atoms with Gasteiger partial charge < -0.3 is 10.6 Å². The molecule has 2 heterocycles. The van der Waals surface area contributed by atoms with Crippen LogP contribution in [0.3, 0.4) is 0 Å². The summed E-state index contributed by atoms with van der Waals surface area (Å²) in [5.74, 6) is -1.38. The molecule has 0 fully saturated rings. The molecule has 9 heteroatoms. The van der Waals surface area contributed by atoms with Crippen LogP contribution >= 0.6 is 23.1 Å². The van der Waals surface area contributed by atoms with E-state index in [0.717, 1.165) is 10.5 Å². The number of carbonyl (C=O) groups excluding carboxylic acids is 4. The van der Waals surface area contributed by atoms with Crippen molar-refractivity contribution in [1.82, 2.24) is 10.2 Å². The van der Waals surface area contributed by atoms with Crippen LogP contribution in [0.15, 0.2) is 106 Å². The van der Waals surface area contributed by atoms with Crippen molar-refractivity contribution in [3.05, 3.63) is 124 Å². The number of rotatable bonds is 8. The summed E-state index contributed by atoms with van der Waals surface area (Å²) in [6, 6.07) is 24.3. The molecule has 0 bridgehead atoms. The molecule has 2 N–H and O–H groups in total. The van der Waals surface area contributed by atoms with E-state index in [-0.39, 0.29) is 23.4 Å². The third-order valence-corrected chi connectivity index (χ3v) is 7.39. The normalized spacial score (nSPS) is 12.8. The summed E-state index contributed by atoms with van der Waals surface area (Å²) < 4.78 is 0. The van der Waals surface area contributed by atoms with Crippen LogP contribution in [0, 0.1) is 0 Å². The number of thioether (sulfide) groups is 1. The summed E-state index contributed by atoms with van der Waals surface area (Å²) in [6.45, 7) is 0. The first-order valence-corrected chi connectivity index (χ1v) is 13.5. The first kappa shape index (κ1) is 25.2. The number of amides is 4. The molecule has 1 aromatic heterocycles. The van der Waals surface area contributed by atoms with Crippen LogP contribution < -0.4 is 10.6 Å². The zero-order chi connectivity index (χ0) is 26.5. The number of imide groups is 1. The van der Waals surface area contributed by atoms with Gasteiger partial charge in [0.05, 0.1) is 17.0 Å². The second kappa shape index (κ2) is 11.3. The molecule has 0 atom stereocenters. The third kappa shape index (κ3) is 5.59. The highest BCUT2D eigenvalue weighted by Crippen LogP contribution is 2.28. The number of thiophene rings is 1. The third-order valence-electron chi connectivity index (χ3n) is 5.71.